The van der Waals surface area contributed by atoms with Gasteiger partial charge in [0.25, 0.3) is 0 Å². The number of oxime groups is 2. The number of nitrogens with zero attached hydrogens (tertiary/aromatic N) is 2. The molecule has 0 fully saturated rings. The Morgan fingerprint density at radius 3 is 2.19 bits per heavy atom. The number of ether oxygens (including phenoxy) is 7. The summed E-state index contributed by atoms with van der Waals surface area (Å²) >= 11 is 0. The Morgan fingerprint density at radius 1 is 0.892 bits per heavy atom. The second kappa shape index (κ2) is 15.1. The minimum Gasteiger partial charge on any atom is -0.498 e. The summed E-state index contributed by atoms with van der Waals surface area (Å²) in [6, 6.07) is 4.55. The Labute approximate surface area is 213 Å². The largest absolute Gasteiger partial charge is 0.498 e. The van der Waals surface area contributed by atoms with E-state index in [2.05, 4.69) is 10.3 Å². The second-order valence-corrected chi connectivity index (χ2v) is 7.23. The van der Waals surface area contributed by atoms with Gasteiger partial charge < -0.3 is 43.6 Å². The van der Waals surface area contributed by atoms with Crippen molar-refractivity contribution < 1.29 is 53.2 Å². The third-order valence-electron chi connectivity index (χ3n) is 5.10. The van der Waals surface area contributed by atoms with Crippen molar-refractivity contribution in [2.24, 2.45) is 10.3 Å². The van der Waals surface area contributed by atoms with Gasteiger partial charge in [-0.1, -0.05) is 16.4 Å². The van der Waals surface area contributed by atoms with Gasteiger partial charge >= 0.3 is 11.9 Å². The highest BCUT2D eigenvalue weighted by Gasteiger charge is 2.29. The highest BCUT2D eigenvalue weighted by Crippen LogP contribution is 2.28. The van der Waals surface area contributed by atoms with E-state index >= 15 is 0 Å². The Kier molecular flexibility index (Phi) is 11.9. The molecule has 0 heterocycles. The van der Waals surface area contributed by atoms with Crippen LogP contribution in [-0.2, 0) is 33.3 Å². The summed E-state index contributed by atoms with van der Waals surface area (Å²) in [6.45, 7) is -0.114. The summed E-state index contributed by atoms with van der Waals surface area (Å²) in [5.74, 6) is -0.208. The van der Waals surface area contributed by atoms with Crippen LogP contribution in [0.3, 0.4) is 0 Å². The van der Waals surface area contributed by atoms with Crippen LogP contribution in [0.25, 0.3) is 0 Å². The van der Waals surface area contributed by atoms with Crippen molar-refractivity contribution in [3.63, 3.8) is 0 Å². The van der Waals surface area contributed by atoms with Crippen molar-refractivity contribution in [2.45, 2.75) is 12.5 Å². The molecule has 37 heavy (non-hydrogen) atoms. The SMILES string of the molecule is COC1=CC=C(CC(=O)OCCOCCOC(=O)C(=NO)c2ccc(OC)c(OC)c2)C(=NO)C1OC. The van der Waals surface area contributed by atoms with Crippen LogP contribution in [0.1, 0.15) is 12.0 Å². The van der Waals surface area contributed by atoms with E-state index in [1.54, 1.807) is 18.2 Å². The summed E-state index contributed by atoms with van der Waals surface area (Å²) < 4.78 is 36.2. The number of carbonyl (C=O) groups is 2. The average Bonchev–Trinajstić information content (AvgIpc) is 2.92. The van der Waals surface area contributed by atoms with Gasteiger partial charge in [-0.2, -0.15) is 0 Å². The van der Waals surface area contributed by atoms with Gasteiger partial charge in [0.2, 0.25) is 0 Å². The van der Waals surface area contributed by atoms with Crippen molar-refractivity contribution in [1.82, 2.24) is 0 Å². The lowest BCUT2D eigenvalue weighted by Gasteiger charge is -2.23. The molecule has 1 aliphatic carbocycles. The normalized spacial score (nSPS) is 16.5. The molecule has 1 unspecified atom stereocenters. The Bertz CT molecular complexity index is 1060. The number of rotatable bonds is 14. The maximum atomic E-state index is 12.3. The van der Waals surface area contributed by atoms with E-state index in [-0.39, 0.29) is 49.8 Å². The van der Waals surface area contributed by atoms with Gasteiger partial charge in [-0.15, -0.1) is 0 Å². The molecule has 0 spiro atoms. The lowest BCUT2D eigenvalue weighted by atomic mass is 9.96. The predicted molar refractivity (Wildman–Crippen MR) is 128 cm³/mol. The van der Waals surface area contributed by atoms with Crippen molar-refractivity contribution in [3.05, 3.63) is 47.2 Å². The van der Waals surface area contributed by atoms with Gasteiger partial charge in [0, 0.05) is 12.7 Å². The van der Waals surface area contributed by atoms with E-state index < -0.39 is 18.0 Å². The summed E-state index contributed by atoms with van der Waals surface area (Å²) in [5, 5.41) is 24.8. The van der Waals surface area contributed by atoms with Gasteiger partial charge in [0.1, 0.15) is 24.7 Å². The molecule has 13 nitrogen and oxygen atoms in total. The molecule has 0 saturated heterocycles. The second-order valence-electron chi connectivity index (χ2n) is 7.23. The smallest absolute Gasteiger partial charge is 0.361 e. The first-order valence-electron chi connectivity index (χ1n) is 11.0. The molecule has 0 aliphatic heterocycles. The molecule has 1 aromatic carbocycles. The first kappa shape index (κ1) is 29.1. The summed E-state index contributed by atoms with van der Waals surface area (Å²) in [4.78, 5) is 24.4. The Hall–Kier alpha value is -4.10. The molecule has 0 saturated carbocycles. The number of hydrogen-bond donors (Lipinski definition) is 2. The Morgan fingerprint density at radius 2 is 1.59 bits per heavy atom. The third-order valence-corrected chi connectivity index (χ3v) is 5.10. The molecule has 2 rings (SSSR count). The number of carbonyl (C=O) groups excluding carboxylic acids is 2. The first-order chi connectivity index (χ1) is 17.9. The van der Waals surface area contributed by atoms with Crippen molar-refractivity contribution in [2.75, 3.05) is 54.9 Å². The summed E-state index contributed by atoms with van der Waals surface area (Å²) in [7, 11) is 5.78. The number of esters is 2. The number of allylic oxidation sites excluding steroid dienone is 2. The number of hydrogen-bond acceptors (Lipinski definition) is 13. The number of methoxy groups -OCH3 is 4. The van der Waals surface area contributed by atoms with E-state index in [4.69, 9.17) is 33.2 Å². The fraction of sp³-hybridized carbons (Fsp3) is 0.417. The molecule has 0 bridgehead atoms. The molecule has 1 atom stereocenters. The standard InChI is InChI=1S/C24H30N2O11/c1-31-17-7-5-15(13-19(17)33-3)22(26-30)24(28)37-12-10-35-9-11-36-20(27)14-16-6-8-18(32-2)23(34-4)21(16)25-29/h5-8,13,23,29-30H,9-12,14H2,1-4H3. The van der Waals surface area contributed by atoms with Gasteiger partial charge in [-0.25, -0.2) is 4.79 Å². The molecule has 1 aliphatic rings. The van der Waals surface area contributed by atoms with Gasteiger partial charge in [0.15, 0.2) is 23.3 Å². The molecular weight excluding hydrogens is 492 g/mol. The zero-order valence-electron chi connectivity index (χ0n) is 21.0. The number of benzene rings is 1. The van der Waals surface area contributed by atoms with Crippen molar-refractivity contribution in [3.8, 4) is 11.5 Å². The van der Waals surface area contributed by atoms with Gasteiger partial charge in [-0.3, -0.25) is 4.79 Å². The van der Waals surface area contributed by atoms with E-state index in [1.807, 2.05) is 0 Å². The van der Waals surface area contributed by atoms with Crippen LogP contribution in [0.2, 0.25) is 0 Å². The van der Waals surface area contributed by atoms with E-state index in [1.165, 1.54) is 40.6 Å². The molecule has 0 radical (unpaired) electrons. The van der Waals surface area contributed by atoms with E-state index in [0.29, 0.717) is 22.8 Å². The molecule has 13 heteroatoms. The zero-order chi connectivity index (χ0) is 27.2. The van der Waals surface area contributed by atoms with Crippen molar-refractivity contribution >= 4 is 23.4 Å². The maximum Gasteiger partial charge on any atom is 0.361 e. The highest BCUT2D eigenvalue weighted by molar-refractivity contribution is 6.43. The van der Waals surface area contributed by atoms with Crippen LogP contribution >= 0.6 is 0 Å². The summed E-state index contributed by atoms with van der Waals surface area (Å²) in [5.41, 5.74) is 0.520. The fourth-order valence-corrected chi connectivity index (χ4v) is 3.31. The minimum atomic E-state index is -0.869. The average molecular weight is 523 g/mol. The minimum absolute atomic E-state index is 0.0144. The van der Waals surface area contributed by atoms with Crippen molar-refractivity contribution in [1.29, 1.82) is 0 Å². The molecule has 0 aromatic heterocycles. The van der Waals surface area contributed by atoms with E-state index in [9.17, 15) is 20.0 Å². The van der Waals surface area contributed by atoms with Crippen LogP contribution in [0.4, 0.5) is 0 Å². The first-order valence-corrected chi connectivity index (χ1v) is 11.0. The van der Waals surface area contributed by atoms with Crippen LogP contribution in [0, 0.1) is 0 Å². The molecule has 202 valence electrons. The van der Waals surface area contributed by atoms with E-state index in [0.717, 1.165) is 0 Å². The van der Waals surface area contributed by atoms with Crippen LogP contribution < -0.4 is 9.47 Å². The van der Waals surface area contributed by atoms with Crippen LogP contribution in [0.5, 0.6) is 11.5 Å². The van der Waals surface area contributed by atoms with Gasteiger partial charge in [0.05, 0.1) is 41.0 Å². The van der Waals surface area contributed by atoms with Gasteiger partial charge in [-0.05, 0) is 29.8 Å². The topological polar surface area (TPSA) is 164 Å². The molecular formula is C24H30N2O11. The maximum absolute atomic E-state index is 12.3. The quantitative estimate of drug-likeness (QED) is 0.120. The van der Waals surface area contributed by atoms with Crippen LogP contribution in [0.15, 0.2) is 52.0 Å². The Balaban J connectivity index is 1.72. The lowest BCUT2D eigenvalue weighted by Crippen LogP contribution is -2.31. The molecule has 0 amide bonds. The summed E-state index contributed by atoms with van der Waals surface area (Å²) in [6.07, 6.45) is 2.32. The predicted octanol–water partition coefficient (Wildman–Crippen LogP) is 1.69. The third kappa shape index (κ3) is 7.95. The lowest BCUT2D eigenvalue weighted by molar-refractivity contribution is -0.144. The fourth-order valence-electron chi connectivity index (χ4n) is 3.31. The zero-order valence-corrected chi connectivity index (χ0v) is 21.0. The van der Waals surface area contributed by atoms with Crippen LogP contribution in [-0.4, -0.2) is 94.7 Å². The monoisotopic (exact) mass is 522 g/mol. The highest BCUT2D eigenvalue weighted by atomic mass is 16.6. The molecule has 2 N–H and O–H groups in total. The molecule has 1 aromatic rings.